The van der Waals surface area contributed by atoms with Crippen LogP contribution >= 0.6 is 0 Å². The van der Waals surface area contributed by atoms with Gasteiger partial charge in [-0.2, -0.15) is 0 Å². The molecule has 0 radical (unpaired) electrons. The van der Waals surface area contributed by atoms with E-state index in [4.69, 9.17) is 4.42 Å². The molecule has 2 heterocycles. The van der Waals surface area contributed by atoms with Crippen LogP contribution in [0.1, 0.15) is 21.5 Å². The van der Waals surface area contributed by atoms with Gasteiger partial charge in [-0.25, -0.2) is 4.98 Å². The molecule has 2 aromatic heterocycles. The van der Waals surface area contributed by atoms with E-state index in [0.717, 1.165) is 27.8 Å². The minimum Gasteiger partial charge on any atom is -0.436 e. The van der Waals surface area contributed by atoms with Gasteiger partial charge in [-0.3, -0.25) is 9.78 Å². The van der Waals surface area contributed by atoms with Gasteiger partial charge in [0.05, 0.1) is 5.56 Å². The van der Waals surface area contributed by atoms with E-state index in [1.165, 1.54) is 0 Å². The van der Waals surface area contributed by atoms with E-state index in [1.807, 2.05) is 49.4 Å². The number of carbonyl (C=O) groups excluding carboxylic acids is 1. The van der Waals surface area contributed by atoms with Crippen LogP contribution in [0.3, 0.4) is 0 Å². The Morgan fingerprint density at radius 2 is 1.92 bits per heavy atom. The van der Waals surface area contributed by atoms with Crippen LogP contribution in [-0.2, 0) is 6.54 Å². The van der Waals surface area contributed by atoms with E-state index in [9.17, 15) is 4.79 Å². The Hall–Kier alpha value is -3.47. The summed E-state index contributed by atoms with van der Waals surface area (Å²) in [5.41, 5.74) is 5.21. The monoisotopic (exact) mass is 343 g/mol. The Labute approximate surface area is 150 Å². The number of benzene rings is 2. The predicted octanol–water partition coefficient (Wildman–Crippen LogP) is 4.13. The summed E-state index contributed by atoms with van der Waals surface area (Å²) in [6, 6.07) is 17.2. The highest BCUT2D eigenvalue weighted by molar-refractivity contribution is 5.93. The molecule has 5 nitrogen and oxygen atoms in total. The lowest BCUT2D eigenvalue weighted by Gasteiger charge is -2.05. The van der Waals surface area contributed by atoms with Crippen LogP contribution < -0.4 is 5.32 Å². The summed E-state index contributed by atoms with van der Waals surface area (Å²) in [7, 11) is 0. The van der Waals surface area contributed by atoms with Crippen LogP contribution in [0, 0.1) is 6.92 Å². The van der Waals surface area contributed by atoms with Crippen molar-refractivity contribution in [3.8, 4) is 11.5 Å². The number of para-hydroxylation sites is 1. The van der Waals surface area contributed by atoms with Crippen LogP contribution in [0.25, 0.3) is 22.6 Å². The lowest BCUT2D eigenvalue weighted by Crippen LogP contribution is -2.22. The van der Waals surface area contributed by atoms with Crippen LogP contribution in [0.4, 0.5) is 0 Å². The standard InChI is InChI=1S/C21H17N3O2/c1-14-4-2-6-18-19(14)24-21(26-18)16-9-7-15(8-10-16)12-23-20(25)17-5-3-11-22-13-17/h2-11,13H,12H2,1H3,(H,23,25). The summed E-state index contributed by atoms with van der Waals surface area (Å²) in [5.74, 6) is 0.455. The first-order chi connectivity index (χ1) is 12.7. The number of pyridine rings is 1. The fourth-order valence-electron chi connectivity index (χ4n) is 2.76. The lowest BCUT2D eigenvalue weighted by molar-refractivity contribution is 0.0950. The van der Waals surface area contributed by atoms with E-state index in [1.54, 1.807) is 24.5 Å². The van der Waals surface area contributed by atoms with E-state index in [2.05, 4.69) is 15.3 Å². The summed E-state index contributed by atoms with van der Waals surface area (Å²) in [4.78, 5) is 20.6. The number of aryl methyl sites for hydroxylation is 1. The lowest BCUT2D eigenvalue weighted by atomic mass is 10.1. The van der Waals surface area contributed by atoms with Crippen molar-refractivity contribution in [2.45, 2.75) is 13.5 Å². The van der Waals surface area contributed by atoms with Crippen LogP contribution in [0.2, 0.25) is 0 Å². The van der Waals surface area contributed by atoms with Crippen molar-refractivity contribution >= 4 is 17.0 Å². The van der Waals surface area contributed by atoms with Crippen molar-refractivity contribution < 1.29 is 9.21 Å². The Bertz CT molecular complexity index is 1050. The van der Waals surface area contributed by atoms with Crippen molar-refractivity contribution in [1.82, 2.24) is 15.3 Å². The molecule has 0 spiro atoms. The van der Waals surface area contributed by atoms with E-state index >= 15 is 0 Å². The number of fused-ring (bicyclic) bond motifs is 1. The second kappa shape index (κ2) is 6.80. The van der Waals surface area contributed by atoms with Crippen molar-refractivity contribution in [2.75, 3.05) is 0 Å². The molecule has 0 unspecified atom stereocenters. The number of nitrogens with one attached hydrogen (secondary N) is 1. The molecule has 0 aliphatic carbocycles. The first kappa shape index (κ1) is 16.0. The van der Waals surface area contributed by atoms with Crippen molar-refractivity contribution in [3.05, 3.63) is 83.7 Å². The number of rotatable bonds is 4. The number of hydrogen-bond donors (Lipinski definition) is 1. The van der Waals surface area contributed by atoms with Gasteiger partial charge in [0.1, 0.15) is 5.52 Å². The van der Waals surface area contributed by atoms with Gasteiger partial charge in [0, 0.05) is 24.5 Å². The van der Waals surface area contributed by atoms with E-state index < -0.39 is 0 Å². The van der Waals surface area contributed by atoms with Gasteiger partial charge in [0.25, 0.3) is 5.91 Å². The number of nitrogens with zero attached hydrogens (tertiary/aromatic N) is 2. The Balaban J connectivity index is 1.48. The first-order valence-electron chi connectivity index (χ1n) is 8.34. The van der Waals surface area contributed by atoms with Gasteiger partial charge in [0.2, 0.25) is 5.89 Å². The highest BCUT2D eigenvalue weighted by Gasteiger charge is 2.10. The maximum Gasteiger partial charge on any atom is 0.253 e. The molecule has 0 atom stereocenters. The molecule has 0 aliphatic heterocycles. The molecule has 2 aromatic carbocycles. The third kappa shape index (κ3) is 3.19. The van der Waals surface area contributed by atoms with Gasteiger partial charge < -0.3 is 9.73 Å². The van der Waals surface area contributed by atoms with Gasteiger partial charge >= 0.3 is 0 Å². The molecule has 1 N–H and O–H groups in total. The smallest absolute Gasteiger partial charge is 0.253 e. The van der Waals surface area contributed by atoms with Gasteiger partial charge in [-0.1, -0.05) is 24.3 Å². The SMILES string of the molecule is Cc1cccc2oc(-c3ccc(CNC(=O)c4cccnc4)cc3)nc12. The van der Waals surface area contributed by atoms with Gasteiger partial charge in [-0.15, -0.1) is 0 Å². The number of oxazole rings is 1. The van der Waals surface area contributed by atoms with Crippen LogP contribution in [-0.4, -0.2) is 15.9 Å². The molecular weight excluding hydrogens is 326 g/mol. The Morgan fingerprint density at radius 1 is 1.08 bits per heavy atom. The summed E-state index contributed by atoms with van der Waals surface area (Å²) >= 11 is 0. The molecule has 128 valence electrons. The quantitative estimate of drug-likeness (QED) is 0.605. The minimum absolute atomic E-state index is 0.142. The summed E-state index contributed by atoms with van der Waals surface area (Å²) in [5, 5.41) is 2.89. The average molecular weight is 343 g/mol. The fraction of sp³-hybridized carbons (Fsp3) is 0.0952. The molecule has 0 bridgehead atoms. The zero-order valence-electron chi connectivity index (χ0n) is 14.3. The van der Waals surface area contributed by atoms with Crippen LogP contribution in [0.15, 0.2) is 71.4 Å². The zero-order valence-corrected chi connectivity index (χ0v) is 14.3. The largest absolute Gasteiger partial charge is 0.436 e. The fourth-order valence-corrected chi connectivity index (χ4v) is 2.76. The number of carbonyl (C=O) groups is 1. The molecule has 0 saturated carbocycles. The Morgan fingerprint density at radius 3 is 2.65 bits per heavy atom. The average Bonchev–Trinajstić information content (AvgIpc) is 3.13. The van der Waals surface area contributed by atoms with Gasteiger partial charge in [0.15, 0.2) is 5.58 Å². The van der Waals surface area contributed by atoms with Crippen molar-refractivity contribution in [2.24, 2.45) is 0 Å². The third-order valence-corrected chi connectivity index (χ3v) is 4.20. The first-order valence-corrected chi connectivity index (χ1v) is 8.34. The number of amides is 1. The van der Waals surface area contributed by atoms with Crippen LogP contribution in [0.5, 0.6) is 0 Å². The molecule has 4 aromatic rings. The molecule has 0 fully saturated rings. The summed E-state index contributed by atoms with van der Waals surface area (Å²) in [6.45, 7) is 2.46. The summed E-state index contributed by atoms with van der Waals surface area (Å²) in [6.07, 6.45) is 3.19. The zero-order chi connectivity index (χ0) is 17.9. The molecule has 4 rings (SSSR count). The molecule has 0 aliphatic rings. The van der Waals surface area contributed by atoms with Gasteiger partial charge in [-0.05, 0) is 48.4 Å². The molecule has 5 heteroatoms. The maximum absolute atomic E-state index is 12.1. The van der Waals surface area contributed by atoms with E-state index in [-0.39, 0.29) is 5.91 Å². The second-order valence-corrected chi connectivity index (χ2v) is 6.06. The van der Waals surface area contributed by atoms with Crippen molar-refractivity contribution in [3.63, 3.8) is 0 Å². The molecule has 1 amide bonds. The number of hydrogen-bond acceptors (Lipinski definition) is 4. The predicted molar refractivity (Wildman–Crippen MR) is 99.6 cm³/mol. The Kier molecular flexibility index (Phi) is 4.19. The maximum atomic E-state index is 12.1. The topological polar surface area (TPSA) is 68.0 Å². The molecule has 0 saturated heterocycles. The second-order valence-electron chi connectivity index (χ2n) is 6.06. The molecule has 26 heavy (non-hydrogen) atoms. The molecular formula is C21H17N3O2. The highest BCUT2D eigenvalue weighted by Crippen LogP contribution is 2.26. The normalized spacial score (nSPS) is 10.8. The minimum atomic E-state index is -0.142. The third-order valence-electron chi connectivity index (χ3n) is 4.20. The van der Waals surface area contributed by atoms with Crippen molar-refractivity contribution in [1.29, 1.82) is 0 Å². The van der Waals surface area contributed by atoms with E-state index in [0.29, 0.717) is 18.0 Å². The highest BCUT2D eigenvalue weighted by atomic mass is 16.3. The number of aromatic nitrogens is 2. The summed E-state index contributed by atoms with van der Waals surface area (Å²) < 4.78 is 5.84.